The normalized spacial score (nSPS) is 11.9. The molecule has 1 atom stereocenters. The Bertz CT molecular complexity index is 334. The number of esters is 1. The van der Waals surface area contributed by atoms with Gasteiger partial charge in [0.2, 0.25) is 5.91 Å². The van der Waals surface area contributed by atoms with E-state index in [0.29, 0.717) is 6.42 Å². The van der Waals surface area contributed by atoms with Gasteiger partial charge in [0.15, 0.2) is 0 Å². The lowest BCUT2D eigenvalue weighted by atomic mass is 10.3. The minimum atomic E-state index is -0.595. The van der Waals surface area contributed by atoms with Gasteiger partial charge in [-0.2, -0.15) is 0 Å². The first-order chi connectivity index (χ1) is 7.13. The highest BCUT2D eigenvalue weighted by atomic mass is 32.1. The number of amides is 1. The van der Waals surface area contributed by atoms with Crippen molar-refractivity contribution in [1.29, 1.82) is 0 Å². The molecule has 5 heteroatoms. The third kappa shape index (κ3) is 3.71. The van der Waals surface area contributed by atoms with Gasteiger partial charge in [-0.1, -0.05) is 6.07 Å². The number of carbonyl (C=O) groups is 2. The summed E-state index contributed by atoms with van der Waals surface area (Å²) in [5.41, 5.74) is 0. The topological polar surface area (TPSA) is 55.4 Å². The SMILES string of the molecule is COC(=O)C(C)NC(=O)Cc1cccs1. The van der Waals surface area contributed by atoms with Gasteiger partial charge in [0, 0.05) is 4.88 Å². The standard InChI is InChI=1S/C10H13NO3S/c1-7(10(13)14-2)11-9(12)6-8-4-3-5-15-8/h3-5,7H,6H2,1-2H3,(H,11,12). The van der Waals surface area contributed by atoms with Gasteiger partial charge in [-0.05, 0) is 18.4 Å². The summed E-state index contributed by atoms with van der Waals surface area (Å²) in [6, 6.07) is 3.17. The zero-order valence-corrected chi connectivity index (χ0v) is 9.47. The molecule has 15 heavy (non-hydrogen) atoms. The van der Waals surface area contributed by atoms with Crippen LogP contribution in [0.2, 0.25) is 0 Å². The number of ether oxygens (including phenoxy) is 1. The second-order valence-corrected chi connectivity index (χ2v) is 4.10. The van der Waals surface area contributed by atoms with Crippen LogP contribution >= 0.6 is 11.3 Å². The van der Waals surface area contributed by atoms with Crippen molar-refractivity contribution in [2.45, 2.75) is 19.4 Å². The lowest BCUT2D eigenvalue weighted by Gasteiger charge is -2.10. The molecule has 1 heterocycles. The van der Waals surface area contributed by atoms with Gasteiger partial charge in [0.1, 0.15) is 6.04 Å². The summed E-state index contributed by atoms with van der Waals surface area (Å²) in [5.74, 6) is -0.607. The number of thiophene rings is 1. The Morgan fingerprint density at radius 3 is 2.87 bits per heavy atom. The van der Waals surface area contributed by atoms with Crippen molar-refractivity contribution in [2.75, 3.05) is 7.11 Å². The molecule has 0 saturated carbocycles. The van der Waals surface area contributed by atoms with Gasteiger partial charge >= 0.3 is 5.97 Å². The van der Waals surface area contributed by atoms with E-state index in [1.165, 1.54) is 18.4 Å². The number of hydrogen-bond donors (Lipinski definition) is 1. The van der Waals surface area contributed by atoms with Crippen molar-refractivity contribution in [1.82, 2.24) is 5.32 Å². The fourth-order valence-corrected chi connectivity index (χ4v) is 1.80. The first-order valence-corrected chi connectivity index (χ1v) is 5.41. The predicted octanol–water partition coefficient (Wildman–Crippen LogP) is 0.968. The number of hydrogen-bond acceptors (Lipinski definition) is 4. The maximum absolute atomic E-state index is 11.4. The highest BCUT2D eigenvalue weighted by Crippen LogP contribution is 2.08. The van der Waals surface area contributed by atoms with E-state index in [4.69, 9.17) is 0 Å². The van der Waals surface area contributed by atoms with Gasteiger partial charge < -0.3 is 10.1 Å². The van der Waals surface area contributed by atoms with Crippen LogP contribution in [0, 0.1) is 0 Å². The third-order valence-corrected chi connectivity index (χ3v) is 2.72. The zero-order valence-electron chi connectivity index (χ0n) is 8.65. The van der Waals surface area contributed by atoms with E-state index in [1.807, 2.05) is 17.5 Å². The van der Waals surface area contributed by atoms with E-state index in [-0.39, 0.29) is 5.91 Å². The van der Waals surface area contributed by atoms with Crippen LogP contribution in [0.5, 0.6) is 0 Å². The summed E-state index contributed by atoms with van der Waals surface area (Å²) in [4.78, 5) is 23.4. The first-order valence-electron chi connectivity index (χ1n) is 4.53. The van der Waals surface area contributed by atoms with Crippen LogP contribution in [0.4, 0.5) is 0 Å². The first kappa shape index (κ1) is 11.7. The van der Waals surface area contributed by atoms with Gasteiger partial charge in [-0.25, -0.2) is 4.79 Å². The summed E-state index contributed by atoms with van der Waals surface area (Å²) in [6.45, 7) is 1.60. The third-order valence-electron chi connectivity index (χ3n) is 1.85. The lowest BCUT2D eigenvalue weighted by Crippen LogP contribution is -2.39. The Balaban J connectivity index is 2.39. The predicted molar refractivity (Wildman–Crippen MR) is 57.6 cm³/mol. The minimum absolute atomic E-state index is 0.171. The number of nitrogens with one attached hydrogen (secondary N) is 1. The molecule has 1 aromatic heterocycles. The average molecular weight is 227 g/mol. The van der Waals surface area contributed by atoms with E-state index in [0.717, 1.165) is 4.88 Å². The molecule has 0 aliphatic heterocycles. The lowest BCUT2D eigenvalue weighted by molar-refractivity contribution is -0.144. The molecule has 1 aromatic rings. The molecule has 4 nitrogen and oxygen atoms in total. The Morgan fingerprint density at radius 2 is 2.33 bits per heavy atom. The molecule has 1 N–H and O–H groups in total. The summed E-state index contributed by atoms with van der Waals surface area (Å²) >= 11 is 1.52. The maximum Gasteiger partial charge on any atom is 0.328 e. The second-order valence-electron chi connectivity index (χ2n) is 3.07. The molecule has 0 radical (unpaired) electrons. The molecule has 0 fully saturated rings. The van der Waals surface area contributed by atoms with Crippen LogP contribution in [-0.4, -0.2) is 25.0 Å². The average Bonchev–Trinajstić information content (AvgIpc) is 2.68. The summed E-state index contributed by atoms with van der Waals surface area (Å²) in [6.07, 6.45) is 0.305. The van der Waals surface area contributed by atoms with E-state index in [2.05, 4.69) is 10.1 Å². The monoisotopic (exact) mass is 227 g/mol. The van der Waals surface area contributed by atoms with Crippen LogP contribution in [-0.2, 0) is 20.7 Å². The van der Waals surface area contributed by atoms with Crippen molar-refractivity contribution in [3.05, 3.63) is 22.4 Å². The molecule has 0 bridgehead atoms. The largest absolute Gasteiger partial charge is 0.467 e. The molecule has 0 saturated heterocycles. The fourth-order valence-electron chi connectivity index (χ4n) is 1.10. The van der Waals surface area contributed by atoms with Crippen molar-refractivity contribution < 1.29 is 14.3 Å². The van der Waals surface area contributed by atoms with Crippen LogP contribution < -0.4 is 5.32 Å². The van der Waals surface area contributed by atoms with Crippen LogP contribution in [0.1, 0.15) is 11.8 Å². The molecular formula is C10H13NO3S. The van der Waals surface area contributed by atoms with E-state index in [9.17, 15) is 9.59 Å². The second kappa shape index (κ2) is 5.50. The Morgan fingerprint density at radius 1 is 1.60 bits per heavy atom. The van der Waals surface area contributed by atoms with Crippen molar-refractivity contribution >= 4 is 23.2 Å². The molecule has 1 unspecified atom stereocenters. The van der Waals surface area contributed by atoms with Gasteiger partial charge in [0.25, 0.3) is 0 Å². The van der Waals surface area contributed by atoms with E-state index >= 15 is 0 Å². The number of carbonyl (C=O) groups excluding carboxylic acids is 2. The molecule has 0 aromatic carbocycles. The van der Waals surface area contributed by atoms with E-state index < -0.39 is 12.0 Å². The van der Waals surface area contributed by atoms with Crippen molar-refractivity contribution in [3.8, 4) is 0 Å². The highest BCUT2D eigenvalue weighted by molar-refractivity contribution is 7.10. The molecule has 1 amide bonds. The molecule has 0 aliphatic rings. The van der Waals surface area contributed by atoms with Gasteiger partial charge in [-0.3, -0.25) is 4.79 Å². The quantitative estimate of drug-likeness (QED) is 0.780. The van der Waals surface area contributed by atoms with E-state index in [1.54, 1.807) is 6.92 Å². The Hall–Kier alpha value is -1.36. The van der Waals surface area contributed by atoms with Crippen LogP contribution in [0.25, 0.3) is 0 Å². The molecular weight excluding hydrogens is 214 g/mol. The van der Waals surface area contributed by atoms with Crippen LogP contribution in [0.3, 0.4) is 0 Å². The Kier molecular flexibility index (Phi) is 4.30. The molecule has 0 spiro atoms. The van der Waals surface area contributed by atoms with Gasteiger partial charge in [0.05, 0.1) is 13.5 Å². The van der Waals surface area contributed by atoms with Crippen LogP contribution in [0.15, 0.2) is 17.5 Å². The Labute approximate surface area is 92.2 Å². The van der Waals surface area contributed by atoms with Gasteiger partial charge in [-0.15, -0.1) is 11.3 Å². The summed E-state index contributed by atoms with van der Waals surface area (Å²) in [7, 11) is 1.30. The number of rotatable bonds is 4. The smallest absolute Gasteiger partial charge is 0.328 e. The van der Waals surface area contributed by atoms with Crippen molar-refractivity contribution in [2.24, 2.45) is 0 Å². The maximum atomic E-state index is 11.4. The molecule has 1 rings (SSSR count). The van der Waals surface area contributed by atoms with Crippen molar-refractivity contribution in [3.63, 3.8) is 0 Å². The highest BCUT2D eigenvalue weighted by Gasteiger charge is 2.15. The zero-order chi connectivity index (χ0) is 11.3. The number of methoxy groups -OCH3 is 1. The summed E-state index contributed by atoms with van der Waals surface area (Å²) < 4.78 is 4.50. The fraction of sp³-hybridized carbons (Fsp3) is 0.400. The molecule has 82 valence electrons. The summed E-state index contributed by atoms with van der Waals surface area (Å²) in [5, 5.41) is 4.47. The molecule has 0 aliphatic carbocycles. The minimum Gasteiger partial charge on any atom is -0.467 e.